The number of rotatable bonds is 5. The number of hydrogen-bond donors (Lipinski definition) is 0. The number of carbonyl (C=O) groups excluding carboxylic acids is 2. The second-order valence-electron chi connectivity index (χ2n) is 7.27. The van der Waals surface area contributed by atoms with Crippen LogP contribution in [0.2, 0.25) is 0 Å². The molecule has 0 bridgehead atoms. The minimum Gasteiger partial charge on any atom is -0.465 e. The van der Waals surface area contributed by atoms with Crippen molar-refractivity contribution in [2.24, 2.45) is 5.41 Å². The van der Waals surface area contributed by atoms with Gasteiger partial charge in [-0.2, -0.15) is 0 Å². The third-order valence-electron chi connectivity index (χ3n) is 6.06. The van der Waals surface area contributed by atoms with Crippen LogP contribution in [0.5, 0.6) is 0 Å². The van der Waals surface area contributed by atoms with Gasteiger partial charge < -0.3 is 9.47 Å². The number of esters is 2. The third kappa shape index (κ3) is 2.50. The van der Waals surface area contributed by atoms with Crippen LogP contribution in [0.4, 0.5) is 0 Å². The van der Waals surface area contributed by atoms with Gasteiger partial charge in [-0.15, -0.1) is 0 Å². The van der Waals surface area contributed by atoms with Crippen LogP contribution in [0.1, 0.15) is 54.7 Å². The summed E-state index contributed by atoms with van der Waals surface area (Å²) in [5.41, 5.74) is 2.18. The molecule has 0 aliphatic heterocycles. The Balaban J connectivity index is 1.86. The molecule has 4 rings (SSSR count). The van der Waals surface area contributed by atoms with Crippen molar-refractivity contribution in [1.82, 2.24) is 0 Å². The standard InChI is InChI=1S/C23H24O4/c1-3-26-21(24)23(22(25)27-4-2)14-18(15-10-6-5-7-11-15)19-16-12-8-9-13-17(16)20(19)23/h5-13,18-20H,3-4,14H2,1-2H3. The van der Waals surface area contributed by atoms with Crippen LogP contribution in [-0.2, 0) is 19.1 Å². The lowest BCUT2D eigenvalue weighted by molar-refractivity contribution is -0.173. The second kappa shape index (κ2) is 6.84. The zero-order valence-electron chi connectivity index (χ0n) is 15.7. The molecule has 2 aliphatic carbocycles. The highest BCUT2D eigenvalue weighted by molar-refractivity contribution is 6.03. The monoisotopic (exact) mass is 364 g/mol. The Morgan fingerprint density at radius 2 is 1.44 bits per heavy atom. The molecule has 0 N–H and O–H groups in total. The smallest absolute Gasteiger partial charge is 0.324 e. The van der Waals surface area contributed by atoms with E-state index in [0.717, 1.165) is 11.1 Å². The Hall–Kier alpha value is -2.62. The molecule has 1 saturated carbocycles. The lowest BCUT2D eigenvalue weighted by Crippen LogP contribution is -2.47. The van der Waals surface area contributed by atoms with Gasteiger partial charge in [0.15, 0.2) is 5.41 Å². The summed E-state index contributed by atoms with van der Waals surface area (Å²) in [5, 5.41) is 0. The first-order chi connectivity index (χ1) is 13.1. The highest BCUT2D eigenvalue weighted by Gasteiger charge is 2.69. The van der Waals surface area contributed by atoms with Crippen molar-refractivity contribution in [2.45, 2.75) is 38.0 Å². The highest BCUT2D eigenvalue weighted by Crippen LogP contribution is 2.70. The van der Waals surface area contributed by atoms with E-state index in [0.29, 0.717) is 6.42 Å². The molecule has 0 aromatic heterocycles. The van der Waals surface area contributed by atoms with Crippen molar-refractivity contribution < 1.29 is 19.1 Å². The van der Waals surface area contributed by atoms with Crippen LogP contribution in [0.15, 0.2) is 54.6 Å². The molecule has 0 heterocycles. The molecule has 3 unspecified atom stereocenters. The number of carbonyl (C=O) groups is 2. The Kier molecular flexibility index (Phi) is 4.50. The van der Waals surface area contributed by atoms with Crippen molar-refractivity contribution in [3.05, 3.63) is 71.3 Å². The van der Waals surface area contributed by atoms with E-state index in [9.17, 15) is 9.59 Å². The lowest BCUT2D eigenvalue weighted by Gasteiger charge is -2.42. The predicted molar refractivity (Wildman–Crippen MR) is 101 cm³/mol. The summed E-state index contributed by atoms with van der Waals surface area (Å²) in [4.78, 5) is 26.3. The first-order valence-electron chi connectivity index (χ1n) is 9.63. The summed E-state index contributed by atoms with van der Waals surface area (Å²) >= 11 is 0. The van der Waals surface area contributed by atoms with Gasteiger partial charge in [-0.1, -0.05) is 54.6 Å². The van der Waals surface area contributed by atoms with Crippen LogP contribution < -0.4 is 0 Å². The number of fused-ring (bicyclic) bond motifs is 4. The zero-order chi connectivity index (χ0) is 19.0. The van der Waals surface area contributed by atoms with Crippen LogP contribution in [0, 0.1) is 5.41 Å². The highest BCUT2D eigenvalue weighted by atomic mass is 16.6. The van der Waals surface area contributed by atoms with Crippen LogP contribution in [0.25, 0.3) is 0 Å². The first kappa shape index (κ1) is 17.8. The number of hydrogen-bond acceptors (Lipinski definition) is 4. The van der Waals surface area contributed by atoms with Crippen LogP contribution in [-0.4, -0.2) is 25.2 Å². The molecule has 0 amide bonds. The molecule has 0 radical (unpaired) electrons. The van der Waals surface area contributed by atoms with Crippen molar-refractivity contribution in [2.75, 3.05) is 13.2 Å². The molecule has 2 aromatic rings. The van der Waals surface area contributed by atoms with Crippen molar-refractivity contribution in [1.29, 1.82) is 0 Å². The zero-order valence-corrected chi connectivity index (χ0v) is 15.7. The Morgan fingerprint density at radius 3 is 2.04 bits per heavy atom. The Labute approximate surface area is 159 Å². The fraction of sp³-hybridized carbons (Fsp3) is 0.391. The average molecular weight is 364 g/mol. The molecule has 27 heavy (non-hydrogen) atoms. The summed E-state index contributed by atoms with van der Waals surface area (Å²) in [7, 11) is 0. The SMILES string of the molecule is CCOC(=O)C1(C(=O)OCC)CC(c2ccccc2)C2c3ccccc3C21. The molecule has 0 saturated heterocycles. The van der Waals surface area contributed by atoms with E-state index >= 15 is 0 Å². The fourth-order valence-corrected chi connectivity index (χ4v) is 5.05. The van der Waals surface area contributed by atoms with Gasteiger partial charge >= 0.3 is 11.9 Å². The molecule has 0 spiro atoms. The van der Waals surface area contributed by atoms with E-state index in [1.54, 1.807) is 13.8 Å². The van der Waals surface area contributed by atoms with E-state index < -0.39 is 17.4 Å². The molecular formula is C23H24O4. The molecule has 3 atom stereocenters. The first-order valence-corrected chi connectivity index (χ1v) is 9.63. The summed E-state index contributed by atoms with van der Waals surface area (Å²) in [6.45, 7) is 4.03. The third-order valence-corrected chi connectivity index (χ3v) is 6.06. The summed E-state index contributed by atoms with van der Waals surface area (Å²) in [6.07, 6.45) is 0.415. The molecule has 4 nitrogen and oxygen atoms in total. The van der Waals surface area contributed by atoms with Gasteiger partial charge in [0.05, 0.1) is 13.2 Å². The van der Waals surface area contributed by atoms with Gasteiger partial charge in [0.25, 0.3) is 0 Å². The lowest BCUT2D eigenvalue weighted by atomic mass is 9.60. The van der Waals surface area contributed by atoms with Crippen molar-refractivity contribution >= 4 is 11.9 Å². The van der Waals surface area contributed by atoms with E-state index in [-0.39, 0.29) is 31.0 Å². The fourth-order valence-electron chi connectivity index (χ4n) is 5.05. The summed E-state index contributed by atoms with van der Waals surface area (Å²) < 4.78 is 10.8. The van der Waals surface area contributed by atoms with Crippen molar-refractivity contribution in [3.63, 3.8) is 0 Å². The van der Waals surface area contributed by atoms with E-state index in [1.165, 1.54) is 5.56 Å². The van der Waals surface area contributed by atoms with Gasteiger partial charge in [0.2, 0.25) is 0 Å². The van der Waals surface area contributed by atoms with Gasteiger partial charge in [-0.25, -0.2) is 0 Å². The van der Waals surface area contributed by atoms with Gasteiger partial charge in [0, 0.05) is 5.92 Å². The molecular weight excluding hydrogens is 340 g/mol. The van der Waals surface area contributed by atoms with Crippen LogP contribution in [0.3, 0.4) is 0 Å². The summed E-state index contributed by atoms with van der Waals surface area (Å²) in [5.74, 6) is -0.896. The Morgan fingerprint density at radius 1 is 0.889 bits per heavy atom. The minimum atomic E-state index is -1.27. The van der Waals surface area contributed by atoms with E-state index in [1.807, 2.05) is 36.4 Å². The van der Waals surface area contributed by atoms with Gasteiger partial charge in [-0.3, -0.25) is 9.59 Å². The van der Waals surface area contributed by atoms with Gasteiger partial charge in [0.1, 0.15) is 0 Å². The molecule has 140 valence electrons. The van der Waals surface area contributed by atoms with E-state index in [4.69, 9.17) is 9.47 Å². The Bertz CT molecular complexity index is 840. The molecule has 2 aliphatic rings. The summed E-state index contributed by atoms with van der Waals surface area (Å²) in [6, 6.07) is 18.3. The van der Waals surface area contributed by atoms with Crippen molar-refractivity contribution in [3.8, 4) is 0 Å². The predicted octanol–water partition coefficient (Wildman–Crippen LogP) is 4.17. The van der Waals surface area contributed by atoms with E-state index in [2.05, 4.69) is 18.2 Å². The maximum atomic E-state index is 13.1. The largest absolute Gasteiger partial charge is 0.465 e. The topological polar surface area (TPSA) is 52.6 Å². The van der Waals surface area contributed by atoms with Crippen LogP contribution >= 0.6 is 0 Å². The number of ether oxygens (including phenoxy) is 2. The maximum absolute atomic E-state index is 13.1. The second-order valence-corrected chi connectivity index (χ2v) is 7.27. The minimum absolute atomic E-state index is 0.0833. The van der Waals surface area contributed by atoms with Gasteiger partial charge in [-0.05, 0) is 48.8 Å². The normalized spacial score (nSPS) is 24.3. The molecule has 4 heteroatoms. The molecule has 1 fully saturated rings. The maximum Gasteiger partial charge on any atom is 0.324 e. The quantitative estimate of drug-likeness (QED) is 0.590. The number of benzene rings is 2. The molecule has 2 aromatic carbocycles. The average Bonchev–Trinajstić information content (AvgIpc) is 2.99.